The van der Waals surface area contributed by atoms with E-state index < -0.39 is 0 Å². The first-order chi connectivity index (χ1) is 10.7. The number of carbonyl (C=O) groups excluding carboxylic acids is 1. The molecule has 2 aliphatic rings. The van der Waals surface area contributed by atoms with Gasteiger partial charge in [0.05, 0.1) is 0 Å². The van der Waals surface area contributed by atoms with Crippen LogP contribution in [0.4, 0.5) is 0 Å². The quantitative estimate of drug-likeness (QED) is 0.923. The number of rotatable bonds is 2. The largest absolute Gasteiger partial charge is 0.333 e. The minimum atomic E-state index is 0.138. The fourth-order valence-electron chi connectivity index (χ4n) is 3.52. The Bertz CT molecular complexity index is 713. The summed E-state index contributed by atoms with van der Waals surface area (Å²) in [5.74, 6) is 0.138. The van der Waals surface area contributed by atoms with Crippen molar-refractivity contribution in [2.75, 3.05) is 13.1 Å². The molecule has 1 amide bonds. The van der Waals surface area contributed by atoms with Crippen molar-refractivity contribution in [1.82, 2.24) is 10.2 Å². The van der Waals surface area contributed by atoms with Crippen LogP contribution in [0.1, 0.15) is 16.8 Å². The number of piperazine rings is 1. The molecule has 1 N–H and O–H groups in total. The van der Waals surface area contributed by atoms with E-state index in [-0.39, 0.29) is 5.91 Å². The summed E-state index contributed by atoms with van der Waals surface area (Å²) in [7, 11) is 0. The number of nitrogens with one attached hydrogen (secondary N) is 1. The van der Waals surface area contributed by atoms with E-state index in [0.29, 0.717) is 17.1 Å². The summed E-state index contributed by atoms with van der Waals surface area (Å²) in [6.07, 6.45) is 1.08. The van der Waals surface area contributed by atoms with E-state index in [2.05, 4.69) is 5.32 Å². The van der Waals surface area contributed by atoms with Crippen molar-refractivity contribution in [3.63, 3.8) is 0 Å². The number of benzene rings is 2. The maximum absolute atomic E-state index is 13.0. The second kappa shape index (κ2) is 5.41. The molecule has 2 aromatic rings. The average molecular weight is 313 g/mol. The molecule has 2 aliphatic heterocycles. The van der Waals surface area contributed by atoms with Gasteiger partial charge in [0, 0.05) is 35.8 Å². The predicted octanol–water partition coefficient (Wildman–Crippen LogP) is 3.19. The third-order valence-corrected chi connectivity index (χ3v) is 4.88. The molecule has 0 aliphatic carbocycles. The standard InChI is InChI=1S/C18H17ClN2O/c19-13-7-5-12(6-8-13)16-3-1-2-4-17(16)18(22)21-11-14-9-15(21)10-20-14/h1-8,14-15,20H,9-11H2/t14-,15-/m1/s1. The molecule has 0 radical (unpaired) electrons. The Morgan fingerprint density at radius 3 is 2.59 bits per heavy atom. The highest BCUT2D eigenvalue weighted by molar-refractivity contribution is 6.30. The topological polar surface area (TPSA) is 32.3 Å². The van der Waals surface area contributed by atoms with Gasteiger partial charge in [-0.3, -0.25) is 4.79 Å². The number of amides is 1. The number of hydrogen-bond acceptors (Lipinski definition) is 2. The molecule has 2 bridgehead atoms. The molecule has 2 fully saturated rings. The van der Waals surface area contributed by atoms with Gasteiger partial charge in [0.2, 0.25) is 0 Å². The van der Waals surface area contributed by atoms with Gasteiger partial charge in [-0.15, -0.1) is 0 Å². The number of hydrogen-bond donors (Lipinski definition) is 1. The van der Waals surface area contributed by atoms with Crippen molar-refractivity contribution in [3.05, 3.63) is 59.1 Å². The molecule has 4 heteroatoms. The lowest BCUT2D eigenvalue weighted by Gasteiger charge is -2.28. The summed E-state index contributed by atoms with van der Waals surface area (Å²) in [6.45, 7) is 1.73. The first-order valence-corrected chi connectivity index (χ1v) is 7.99. The highest BCUT2D eigenvalue weighted by atomic mass is 35.5. The van der Waals surface area contributed by atoms with Crippen LogP contribution in [0.5, 0.6) is 0 Å². The molecule has 0 spiro atoms. The molecular weight excluding hydrogens is 296 g/mol. The van der Waals surface area contributed by atoms with Crippen LogP contribution in [0.3, 0.4) is 0 Å². The fraction of sp³-hybridized carbons (Fsp3) is 0.278. The Labute approximate surface area is 134 Å². The Hall–Kier alpha value is -1.84. The second-order valence-corrected chi connectivity index (χ2v) is 6.44. The number of likely N-dealkylation sites (tertiary alicyclic amines) is 1. The molecule has 2 saturated heterocycles. The highest BCUT2D eigenvalue weighted by Gasteiger charge is 2.40. The van der Waals surface area contributed by atoms with Gasteiger partial charge in [-0.05, 0) is 35.7 Å². The van der Waals surface area contributed by atoms with Gasteiger partial charge < -0.3 is 10.2 Å². The molecular formula is C18H17ClN2O. The molecule has 112 valence electrons. The van der Waals surface area contributed by atoms with Gasteiger partial charge in [0.15, 0.2) is 0 Å². The zero-order chi connectivity index (χ0) is 15.1. The lowest BCUT2D eigenvalue weighted by Crippen LogP contribution is -2.46. The lowest BCUT2D eigenvalue weighted by atomic mass is 9.98. The van der Waals surface area contributed by atoms with Crippen LogP contribution in [0.25, 0.3) is 11.1 Å². The number of halogens is 1. The zero-order valence-corrected chi connectivity index (χ0v) is 12.9. The van der Waals surface area contributed by atoms with Crippen LogP contribution in [0.15, 0.2) is 48.5 Å². The minimum Gasteiger partial charge on any atom is -0.333 e. The van der Waals surface area contributed by atoms with Gasteiger partial charge in [-0.1, -0.05) is 41.9 Å². The summed E-state index contributed by atoms with van der Waals surface area (Å²) in [5, 5.41) is 4.14. The summed E-state index contributed by atoms with van der Waals surface area (Å²) in [6, 6.07) is 16.3. The van der Waals surface area contributed by atoms with Crippen LogP contribution in [-0.4, -0.2) is 36.0 Å². The lowest BCUT2D eigenvalue weighted by molar-refractivity contribution is 0.0717. The Morgan fingerprint density at radius 1 is 1.14 bits per heavy atom. The third-order valence-electron chi connectivity index (χ3n) is 4.63. The molecule has 0 unspecified atom stereocenters. The molecule has 4 rings (SSSR count). The van der Waals surface area contributed by atoms with Crippen molar-refractivity contribution in [1.29, 1.82) is 0 Å². The van der Waals surface area contributed by atoms with Crippen molar-refractivity contribution >= 4 is 17.5 Å². The predicted molar refractivity (Wildman–Crippen MR) is 88.1 cm³/mol. The van der Waals surface area contributed by atoms with E-state index in [4.69, 9.17) is 11.6 Å². The maximum atomic E-state index is 13.0. The van der Waals surface area contributed by atoms with E-state index in [9.17, 15) is 4.79 Å². The fourth-order valence-corrected chi connectivity index (χ4v) is 3.64. The smallest absolute Gasteiger partial charge is 0.254 e. The average Bonchev–Trinajstić information content (AvgIpc) is 3.18. The molecule has 3 nitrogen and oxygen atoms in total. The van der Waals surface area contributed by atoms with Crippen LogP contribution in [0, 0.1) is 0 Å². The second-order valence-electron chi connectivity index (χ2n) is 6.00. The molecule has 22 heavy (non-hydrogen) atoms. The Kier molecular flexibility index (Phi) is 3.40. The SMILES string of the molecule is O=C(c1ccccc1-c1ccc(Cl)cc1)N1C[C@H]2C[C@@H]1CN2. The Balaban J connectivity index is 1.70. The van der Waals surface area contributed by atoms with Crippen molar-refractivity contribution in [2.24, 2.45) is 0 Å². The van der Waals surface area contributed by atoms with E-state index in [0.717, 1.165) is 36.2 Å². The van der Waals surface area contributed by atoms with Gasteiger partial charge in [-0.25, -0.2) is 0 Å². The van der Waals surface area contributed by atoms with Gasteiger partial charge >= 0.3 is 0 Å². The number of carbonyl (C=O) groups is 1. The molecule has 2 atom stereocenters. The van der Waals surface area contributed by atoms with Crippen molar-refractivity contribution in [2.45, 2.75) is 18.5 Å². The van der Waals surface area contributed by atoms with E-state index in [1.165, 1.54) is 0 Å². The summed E-state index contributed by atoms with van der Waals surface area (Å²) < 4.78 is 0. The van der Waals surface area contributed by atoms with E-state index in [1.54, 1.807) is 0 Å². The van der Waals surface area contributed by atoms with Crippen LogP contribution >= 0.6 is 11.6 Å². The molecule has 2 aromatic carbocycles. The summed E-state index contributed by atoms with van der Waals surface area (Å²) in [5.41, 5.74) is 2.77. The van der Waals surface area contributed by atoms with Gasteiger partial charge in [0.1, 0.15) is 0 Å². The van der Waals surface area contributed by atoms with Crippen molar-refractivity contribution in [3.8, 4) is 11.1 Å². The summed E-state index contributed by atoms with van der Waals surface area (Å²) in [4.78, 5) is 15.0. The third kappa shape index (κ3) is 2.31. The molecule has 2 heterocycles. The van der Waals surface area contributed by atoms with E-state index in [1.807, 2.05) is 53.4 Å². The van der Waals surface area contributed by atoms with Crippen LogP contribution in [0.2, 0.25) is 5.02 Å². The maximum Gasteiger partial charge on any atom is 0.254 e. The van der Waals surface area contributed by atoms with Crippen LogP contribution in [-0.2, 0) is 0 Å². The minimum absolute atomic E-state index is 0.138. The van der Waals surface area contributed by atoms with Gasteiger partial charge in [-0.2, -0.15) is 0 Å². The molecule has 0 saturated carbocycles. The van der Waals surface area contributed by atoms with Crippen molar-refractivity contribution < 1.29 is 4.79 Å². The monoisotopic (exact) mass is 312 g/mol. The summed E-state index contributed by atoms with van der Waals surface area (Å²) >= 11 is 5.97. The van der Waals surface area contributed by atoms with E-state index >= 15 is 0 Å². The zero-order valence-electron chi connectivity index (χ0n) is 12.1. The Morgan fingerprint density at radius 2 is 1.91 bits per heavy atom. The number of nitrogens with zero attached hydrogens (tertiary/aromatic N) is 1. The first-order valence-electron chi connectivity index (χ1n) is 7.62. The first kappa shape index (κ1) is 13.8. The highest BCUT2D eigenvalue weighted by Crippen LogP contribution is 2.30. The van der Waals surface area contributed by atoms with Crippen LogP contribution < -0.4 is 5.32 Å². The normalized spacial score (nSPS) is 23.0. The molecule has 0 aromatic heterocycles. The number of fused-ring (bicyclic) bond motifs is 2. The van der Waals surface area contributed by atoms with Gasteiger partial charge in [0.25, 0.3) is 5.91 Å².